The van der Waals surface area contributed by atoms with Gasteiger partial charge in [0.2, 0.25) is 5.91 Å². The zero-order valence-corrected chi connectivity index (χ0v) is 11.7. The maximum Gasteiger partial charge on any atom is 0.250 e. The molecule has 1 aromatic carbocycles. The van der Waals surface area contributed by atoms with Gasteiger partial charge < -0.3 is 14.6 Å². The molecule has 0 aliphatic carbocycles. The van der Waals surface area contributed by atoms with Crippen LogP contribution in [0.4, 0.5) is 0 Å². The molecule has 2 aromatic rings. The lowest BCUT2D eigenvalue weighted by Crippen LogP contribution is -2.58. The SMILES string of the molecule is CC1C(=O)NC(c2ccccc2)C(=O)N1Cc1ccco1. The fraction of sp³-hybridized carbons (Fsp3) is 0.250. The second kappa shape index (κ2) is 5.44. The first-order chi connectivity index (χ1) is 10.2. The Morgan fingerprint density at radius 3 is 2.57 bits per heavy atom. The summed E-state index contributed by atoms with van der Waals surface area (Å²) in [5.41, 5.74) is 0.784. The number of nitrogens with one attached hydrogen (secondary N) is 1. The lowest BCUT2D eigenvalue weighted by molar-refractivity contribution is -0.149. The minimum Gasteiger partial charge on any atom is -0.467 e. The van der Waals surface area contributed by atoms with Crippen molar-refractivity contribution in [1.29, 1.82) is 0 Å². The maximum atomic E-state index is 12.7. The summed E-state index contributed by atoms with van der Waals surface area (Å²) in [6, 6.07) is 11.7. The molecule has 21 heavy (non-hydrogen) atoms. The Balaban J connectivity index is 1.88. The molecule has 2 atom stereocenters. The van der Waals surface area contributed by atoms with Gasteiger partial charge in [0.25, 0.3) is 5.91 Å². The van der Waals surface area contributed by atoms with E-state index in [1.165, 1.54) is 0 Å². The first-order valence-electron chi connectivity index (χ1n) is 6.85. The van der Waals surface area contributed by atoms with E-state index in [1.54, 1.807) is 30.2 Å². The van der Waals surface area contributed by atoms with Gasteiger partial charge in [-0.25, -0.2) is 0 Å². The molecule has 1 aromatic heterocycles. The highest BCUT2D eigenvalue weighted by molar-refractivity contribution is 5.97. The molecule has 0 bridgehead atoms. The van der Waals surface area contributed by atoms with Crippen LogP contribution in [0.15, 0.2) is 53.1 Å². The van der Waals surface area contributed by atoms with Crippen LogP contribution in [0.3, 0.4) is 0 Å². The zero-order valence-electron chi connectivity index (χ0n) is 11.7. The van der Waals surface area contributed by atoms with Gasteiger partial charge in [0.1, 0.15) is 17.8 Å². The highest BCUT2D eigenvalue weighted by atomic mass is 16.3. The molecule has 1 aliphatic rings. The van der Waals surface area contributed by atoms with Gasteiger partial charge in [-0.1, -0.05) is 30.3 Å². The lowest BCUT2D eigenvalue weighted by atomic mass is 10.0. The number of furan rings is 1. The van der Waals surface area contributed by atoms with Gasteiger partial charge >= 0.3 is 0 Å². The first-order valence-corrected chi connectivity index (χ1v) is 6.85. The molecule has 2 heterocycles. The average molecular weight is 284 g/mol. The molecule has 0 radical (unpaired) electrons. The van der Waals surface area contributed by atoms with E-state index in [0.29, 0.717) is 12.3 Å². The molecule has 0 saturated carbocycles. The number of amides is 2. The fourth-order valence-electron chi connectivity index (χ4n) is 2.48. The quantitative estimate of drug-likeness (QED) is 0.936. The summed E-state index contributed by atoms with van der Waals surface area (Å²) in [5, 5.41) is 2.78. The zero-order chi connectivity index (χ0) is 14.8. The molecule has 2 unspecified atom stereocenters. The van der Waals surface area contributed by atoms with Crippen molar-refractivity contribution in [2.45, 2.75) is 25.6 Å². The summed E-state index contributed by atoms with van der Waals surface area (Å²) >= 11 is 0. The Labute approximate surface area is 122 Å². The van der Waals surface area contributed by atoms with Crippen LogP contribution < -0.4 is 5.32 Å². The minimum absolute atomic E-state index is 0.121. The summed E-state index contributed by atoms with van der Waals surface area (Å²) in [7, 11) is 0. The number of carbonyl (C=O) groups is 2. The van der Waals surface area contributed by atoms with Crippen LogP contribution in [0, 0.1) is 0 Å². The third kappa shape index (κ3) is 2.54. The fourth-order valence-corrected chi connectivity index (χ4v) is 2.48. The van der Waals surface area contributed by atoms with Gasteiger partial charge in [0.05, 0.1) is 12.8 Å². The molecule has 5 heteroatoms. The van der Waals surface area contributed by atoms with Crippen molar-refractivity contribution in [3.63, 3.8) is 0 Å². The Morgan fingerprint density at radius 2 is 1.90 bits per heavy atom. The third-order valence-electron chi connectivity index (χ3n) is 3.70. The highest BCUT2D eigenvalue weighted by Crippen LogP contribution is 2.23. The van der Waals surface area contributed by atoms with E-state index >= 15 is 0 Å². The summed E-state index contributed by atoms with van der Waals surface area (Å²) < 4.78 is 5.28. The van der Waals surface area contributed by atoms with E-state index in [1.807, 2.05) is 30.3 Å². The summed E-state index contributed by atoms with van der Waals surface area (Å²) in [5.74, 6) is 0.386. The smallest absolute Gasteiger partial charge is 0.250 e. The van der Waals surface area contributed by atoms with Crippen LogP contribution >= 0.6 is 0 Å². The van der Waals surface area contributed by atoms with E-state index in [4.69, 9.17) is 4.42 Å². The van der Waals surface area contributed by atoms with Gasteiger partial charge in [0.15, 0.2) is 0 Å². The number of hydrogen-bond donors (Lipinski definition) is 1. The second-order valence-corrected chi connectivity index (χ2v) is 5.07. The number of piperazine rings is 1. The number of rotatable bonds is 3. The Kier molecular flexibility index (Phi) is 3.48. The monoisotopic (exact) mass is 284 g/mol. The first kappa shape index (κ1) is 13.4. The largest absolute Gasteiger partial charge is 0.467 e. The molecule has 0 spiro atoms. The van der Waals surface area contributed by atoms with Gasteiger partial charge in [0, 0.05) is 0 Å². The summed E-state index contributed by atoms with van der Waals surface area (Å²) in [4.78, 5) is 26.4. The van der Waals surface area contributed by atoms with Crippen LogP contribution in [0.2, 0.25) is 0 Å². The van der Waals surface area contributed by atoms with E-state index in [9.17, 15) is 9.59 Å². The molecular formula is C16H16N2O3. The van der Waals surface area contributed by atoms with Crippen molar-refractivity contribution in [1.82, 2.24) is 10.2 Å². The number of hydrogen-bond acceptors (Lipinski definition) is 3. The number of nitrogens with zero attached hydrogens (tertiary/aromatic N) is 1. The van der Waals surface area contributed by atoms with Gasteiger partial charge in [-0.2, -0.15) is 0 Å². The Hall–Kier alpha value is -2.56. The van der Waals surface area contributed by atoms with E-state index in [0.717, 1.165) is 5.56 Å². The number of benzene rings is 1. The van der Waals surface area contributed by atoms with E-state index < -0.39 is 12.1 Å². The van der Waals surface area contributed by atoms with Crippen LogP contribution in [0.5, 0.6) is 0 Å². The van der Waals surface area contributed by atoms with Crippen LogP contribution in [0.25, 0.3) is 0 Å². The Morgan fingerprint density at radius 1 is 1.14 bits per heavy atom. The standard InChI is InChI=1S/C16H16N2O3/c1-11-15(19)17-14(12-6-3-2-4-7-12)16(20)18(11)10-13-8-5-9-21-13/h2-9,11,14H,10H2,1H3,(H,17,19). The van der Waals surface area contributed by atoms with Crippen LogP contribution in [0.1, 0.15) is 24.3 Å². The molecule has 108 valence electrons. The maximum absolute atomic E-state index is 12.7. The molecule has 3 rings (SSSR count). The number of carbonyl (C=O) groups excluding carboxylic acids is 2. The lowest BCUT2D eigenvalue weighted by Gasteiger charge is -2.37. The van der Waals surface area contributed by atoms with Gasteiger partial charge in [-0.3, -0.25) is 9.59 Å². The second-order valence-electron chi connectivity index (χ2n) is 5.07. The van der Waals surface area contributed by atoms with Crippen LogP contribution in [-0.2, 0) is 16.1 Å². The van der Waals surface area contributed by atoms with Crippen molar-refractivity contribution in [2.75, 3.05) is 0 Å². The third-order valence-corrected chi connectivity index (χ3v) is 3.70. The molecule has 2 amide bonds. The van der Waals surface area contributed by atoms with E-state index in [-0.39, 0.29) is 11.8 Å². The molecule has 1 aliphatic heterocycles. The van der Waals surface area contributed by atoms with Crippen molar-refractivity contribution < 1.29 is 14.0 Å². The summed E-state index contributed by atoms with van der Waals surface area (Å²) in [6.07, 6.45) is 1.56. The minimum atomic E-state index is -0.634. The molecule has 1 N–H and O–H groups in total. The molecular weight excluding hydrogens is 268 g/mol. The van der Waals surface area contributed by atoms with Gasteiger partial charge in [-0.05, 0) is 24.6 Å². The molecule has 5 nitrogen and oxygen atoms in total. The Bertz CT molecular complexity index is 637. The van der Waals surface area contributed by atoms with Crippen molar-refractivity contribution in [3.05, 3.63) is 60.1 Å². The highest BCUT2D eigenvalue weighted by Gasteiger charge is 2.39. The predicted molar refractivity (Wildman–Crippen MR) is 76.0 cm³/mol. The van der Waals surface area contributed by atoms with Crippen molar-refractivity contribution in [2.24, 2.45) is 0 Å². The van der Waals surface area contributed by atoms with Gasteiger partial charge in [-0.15, -0.1) is 0 Å². The van der Waals surface area contributed by atoms with Crippen molar-refractivity contribution >= 4 is 11.8 Å². The summed E-state index contributed by atoms with van der Waals surface area (Å²) in [6.45, 7) is 2.02. The van der Waals surface area contributed by atoms with Crippen LogP contribution in [-0.4, -0.2) is 22.8 Å². The molecule has 1 saturated heterocycles. The average Bonchev–Trinajstić information content (AvgIpc) is 3.01. The normalized spacial score (nSPS) is 22.2. The topological polar surface area (TPSA) is 62.6 Å². The van der Waals surface area contributed by atoms with Crippen molar-refractivity contribution in [3.8, 4) is 0 Å². The van der Waals surface area contributed by atoms with E-state index in [2.05, 4.69) is 5.32 Å². The predicted octanol–water partition coefficient (Wildman–Crippen LogP) is 1.87. The molecule has 1 fully saturated rings.